The standard InChI is InChI=1S/C17H30S/c1-11-8-13-4-3-5-16-12(2)17(16)7-6-15(18)10-14(13)9-11/h11-18H,3-10H2,1-2H3. The van der Waals surface area contributed by atoms with Crippen molar-refractivity contribution in [2.45, 2.75) is 70.5 Å². The summed E-state index contributed by atoms with van der Waals surface area (Å²) in [5.74, 6) is 6.21. The van der Waals surface area contributed by atoms with Crippen LogP contribution in [0.1, 0.15) is 65.2 Å². The van der Waals surface area contributed by atoms with Crippen LogP contribution in [0.25, 0.3) is 0 Å². The van der Waals surface area contributed by atoms with Crippen LogP contribution in [0, 0.1) is 35.5 Å². The molecule has 18 heavy (non-hydrogen) atoms. The number of hydrogen-bond donors (Lipinski definition) is 1. The van der Waals surface area contributed by atoms with Gasteiger partial charge in [0.2, 0.25) is 0 Å². The van der Waals surface area contributed by atoms with Gasteiger partial charge in [-0.05, 0) is 74.0 Å². The maximum atomic E-state index is 4.90. The van der Waals surface area contributed by atoms with E-state index < -0.39 is 0 Å². The van der Waals surface area contributed by atoms with Gasteiger partial charge in [0, 0.05) is 5.25 Å². The summed E-state index contributed by atoms with van der Waals surface area (Å²) >= 11 is 4.90. The highest BCUT2D eigenvalue weighted by Crippen LogP contribution is 2.53. The molecule has 0 aliphatic heterocycles. The summed E-state index contributed by atoms with van der Waals surface area (Å²) in [6.07, 6.45) is 11.8. The van der Waals surface area contributed by atoms with E-state index >= 15 is 0 Å². The predicted molar refractivity (Wildman–Crippen MR) is 82.0 cm³/mol. The molecule has 7 atom stereocenters. The van der Waals surface area contributed by atoms with Crippen molar-refractivity contribution in [3.63, 3.8) is 0 Å². The Morgan fingerprint density at radius 1 is 0.778 bits per heavy atom. The van der Waals surface area contributed by atoms with Gasteiger partial charge in [0.25, 0.3) is 0 Å². The highest BCUT2D eigenvalue weighted by molar-refractivity contribution is 7.80. The maximum Gasteiger partial charge on any atom is 0.00196 e. The van der Waals surface area contributed by atoms with Gasteiger partial charge in [-0.2, -0.15) is 12.6 Å². The number of rotatable bonds is 0. The molecule has 0 heterocycles. The van der Waals surface area contributed by atoms with Gasteiger partial charge in [0.05, 0.1) is 0 Å². The molecule has 3 rings (SSSR count). The Bertz CT molecular complexity index is 287. The summed E-state index contributed by atoms with van der Waals surface area (Å²) in [4.78, 5) is 0. The first-order chi connectivity index (χ1) is 8.65. The summed E-state index contributed by atoms with van der Waals surface area (Å²) in [6.45, 7) is 4.94. The molecule has 0 nitrogen and oxygen atoms in total. The molecular formula is C17H30S. The average Bonchev–Trinajstić information content (AvgIpc) is 2.79. The molecule has 104 valence electrons. The highest BCUT2D eigenvalue weighted by Gasteiger charge is 2.45. The summed E-state index contributed by atoms with van der Waals surface area (Å²) in [5.41, 5.74) is 0. The van der Waals surface area contributed by atoms with Crippen molar-refractivity contribution in [1.82, 2.24) is 0 Å². The molecule has 3 saturated carbocycles. The zero-order chi connectivity index (χ0) is 12.7. The molecule has 0 radical (unpaired) electrons. The fourth-order valence-electron chi connectivity index (χ4n) is 5.22. The lowest BCUT2D eigenvalue weighted by molar-refractivity contribution is 0.328. The fraction of sp³-hybridized carbons (Fsp3) is 1.00. The van der Waals surface area contributed by atoms with E-state index in [9.17, 15) is 0 Å². The van der Waals surface area contributed by atoms with E-state index in [0.29, 0.717) is 5.25 Å². The number of hydrogen-bond acceptors (Lipinski definition) is 1. The third-order valence-electron chi connectivity index (χ3n) is 6.36. The third-order valence-corrected chi connectivity index (χ3v) is 6.83. The van der Waals surface area contributed by atoms with Crippen molar-refractivity contribution in [3.8, 4) is 0 Å². The lowest BCUT2D eigenvalue weighted by atomic mass is 9.87. The molecule has 0 aromatic heterocycles. The van der Waals surface area contributed by atoms with E-state index in [1.165, 1.54) is 51.4 Å². The van der Waals surface area contributed by atoms with Crippen LogP contribution in [0.2, 0.25) is 0 Å². The van der Waals surface area contributed by atoms with Gasteiger partial charge in [0.1, 0.15) is 0 Å². The van der Waals surface area contributed by atoms with Gasteiger partial charge >= 0.3 is 0 Å². The summed E-state index contributed by atoms with van der Waals surface area (Å²) in [6, 6.07) is 0. The van der Waals surface area contributed by atoms with Gasteiger partial charge in [0.15, 0.2) is 0 Å². The quantitative estimate of drug-likeness (QED) is 0.574. The maximum absolute atomic E-state index is 4.90. The molecule has 3 fully saturated rings. The minimum atomic E-state index is 0.689. The van der Waals surface area contributed by atoms with E-state index in [1.807, 2.05) is 0 Å². The Morgan fingerprint density at radius 2 is 1.50 bits per heavy atom. The van der Waals surface area contributed by atoms with E-state index in [-0.39, 0.29) is 0 Å². The largest absolute Gasteiger partial charge is 0.176 e. The minimum absolute atomic E-state index is 0.689. The molecule has 7 unspecified atom stereocenters. The molecular weight excluding hydrogens is 236 g/mol. The molecule has 3 aliphatic carbocycles. The van der Waals surface area contributed by atoms with Gasteiger partial charge in [-0.1, -0.05) is 26.7 Å². The van der Waals surface area contributed by atoms with Crippen molar-refractivity contribution in [1.29, 1.82) is 0 Å². The molecule has 0 bridgehead atoms. The molecule has 0 spiro atoms. The Hall–Kier alpha value is 0.350. The van der Waals surface area contributed by atoms with E-state index in [2.05, 4.69) is 13.8 Å². The Balaban J connectivity index is 1.62. The molecule has 3 aliphatic rings. The fourth-order valence-corrected chi connectivity index (χ4v) is 5.64. The second kappa shape index (κ2) is 5.38. The first-order valence-corrected chi connectivity index (χ1v) is 8.85. The topological polar surface area (TPSA) is 0 Å². The SMILES string of the molecule is CC1CC2CCCC3C(C)C3CCC(S)CC2C1. The zero-order valence-corrected chi connectivity index (χ0v) is 13.0. The van der Waals surface area contributed by atoms with Crippen molar-refractivity contribution < 1.29 is 0 Å². The highest BCUT2D eigenvalue weighted by atomic mass is 32.1. The van der Waals surface area contributed by atoms with Crippen LogP contribution in [0.3, 0.4) is 0 Å². The smallest absolute Gasteiger partial charge is 0.00196 e. The monoisotopic (exact) mass is 266 g/mol. The molecule has 1 heteroatoms. The summed E-state index contributed by atoms with van der Waals surface area (Å²) < 4.78 is 0. The van der Waals surface area contributed by atoms with Crippen LogP contribution in [0.5, 0.6) is 0 Å². The van der Waals surface area contributed by atoms with Gasteiger partial charge in [-0.25, -0.2) is 0 Å². The Labute approximate surface area is 119 Å². The van der Waals surface area contributed by atoms with Crippen LogP contribution in [0.4, 0.5) is 0 Å². The van der Waals surface area contributed by atoms with Crippen LogP contribution in [-0.2, 0) is 0 Å². The van der Waals surface area contributed by atoms with Crippen molar-refractivity contribution in [2.75, 3.05) is 0 Å². The first kappa shape index (κ1) is 13.3. The lowest BCUT2D eigenvalue weighted by Crippen LogP contribution is -2.13. The van der Waals surface area contributed by atoms with E-state index in [0.717, 1.165) is 35.5 Å². The Morgan fingerprint density at radius 3 is 2.33 bits per heavy atom. The van der Waals surface area contributed by atoms with Crippen LogP contribution in [0.15, 0.2) is 0 Å². The number of thiol groups is 1. The second-order valence-electron chi connectivity index (χ2n) is 7.68. The third kappa shape index (κ3) is 2.76. The average molecular weight is 266 g/mol. The lowest BCUT2D eigenvalue weighted by Gasteiger charge is -2.22. The van der Waals surface area contributed by atoms with Crippen LogP contribution in [-0.4, -0.2) is 5.25 Å². The Kier molecular flexibility index (Phi) is 3.99. The van der Waals surface area contributed by atoms with E-state index in [4.69, 9.17) is 12.6 Å². The van der Waals surface area contributed by atoms with E-state index in [1.54, 1.807) is 0 Å². The van der Waals surface area contributed by atoms with Crippen molar-refractivity contribution in [2.24, 2.45) is 35.5 Å². The minimum Gasteiger partial charge on any atom is -0.176 e. The summed E-state index contributed by atoms with van der Waals surface area (Å²) in [5, 5.41) is 0.689. The van der Waals surface area contributed by atoms with Gasteiger partial charge < -0.3 is 0 Å². The first-order valence-electron chi connectivity index (χ1n) is 8.33. The zero-order valence-electron chi connectivity index (χ0n) is 12.1. The van der Waals surface area contributed by atoms with Gasteiger partial charge in [-0.3, -0.25) is 0 Å². The predicted octanol–water partition coefficient (Wildman–Crippen LogP) is 5.18. The molecule has 0 amide bonds. The second-order valence-corrected chi connectivity index (χ2v) is 8.41. The van der Waals surface area contributed by atoms with Crippen LogP contribution < -0.4 is 0 Å². The van der Waals surface area contributed by atoms with Crippen molar-refractivity contribution >= 4 is 12.6 Å². The molecule has 0 aromatic carbocycles. The van der Waals surface area contributed by atoms with Crippen LogP contribution >= 0.6 is 12.6 Å². The van der Waals surface area contributed by atoms with Gasteiger partial charge in [-0.15, -0.1) is 0 Å². The molecule has 0 aromatic rings. The molecule has 0 saturated heterocycles. The molecule has 0 N–H and O–H groups in total. The number of fused-ring (bicyclic) bond motifs is 2. The summed E-state index contributed by atoms with van der Waals surface area (Å²) in [7, 11) is 0. The van der Waals surface area contributed by atoms with Crippen molar-refractivity contribution in [3.05, 3.63) is 0 Å². The normalized spacial score (nSPS) is 53.2.